The Balaban J connectivity index is 1.63. The highest BCUT2D eigenvalue weighted by Gasteiger charge is 2.26. The van der Waals surface area contributed by atoms with Gasteiger partial charge in [0.25, 0.3) is 0 Å². The highest BCUT2D eigenvalue weighted by Crippen LogP contribution is 2.31. The van der Waals surface area contributed by atoms with Gasteiger partial charge < -0.3 is 15.5 Å². The van der Waals surface area contributed by atoms with Crippen LogP contribution >= 0.6 is 0 Å². The van der Waals surface area contributed by atoms with Gasteiger partial charge in [0, 0.05) is 24.0 Å². The molecule has 1 fully saturated rings. The number of amides is 3. The van der Waals surface area contributed by atoms with Gasteiger partial charge in [-0.1, -0.05) is 19.3 Å². The van der Waals surface area contributed by atoms with Crippen molar-refractivity contribution in [3.05, 3.63) is 23.8 Å². The number of carbonyl (C=O) groups excluding carboxylic acids is 2. The van der Waals surface area contributed by atoms with Crippen LogP contribution < -0.4 is 15.5 Å². The lowest BCUT2D eigenvalue weighted by atomic mass is 9.96. The van der Waals surface area contributed by atoms with Crippen molar-refractivity contribution in [2.24, 2.45) is 0 Å². The van der Waals surface area contributed by atoms with E-state index in [0.717, 1.165) is 29.8 Å². The van der Waals surface area contributed by atoms with Crippen LogP contribution in [0.3, 0.4) is 0 Å². The Hall–Kier alpha value is -2.04. The van der Waals surface area contributed by atoms with Gasteiger partial charge in [-0.2, -0.15) is 0 Å². The summed E-state index contributed by atoms with van der Waals surface area (Å²) in [7, 11) is 0. The molecule has 0 aromatic heterocycles. The number of anilines is 2. The van der Waals surface area contributed by atoms with E-state index >= 15 is 0 Å². The second-order valence-corrected chi connectivity index (χ2v) is 6.09. The normalized spacial score (nSPS) is 18.2. The zero-order valence-electron chi connectivity index (χ0n) is 13.0. The molecule has 1 aliphatic heterocycles. The lowest BCUT2D eigenvalue weighted by molar-refractivity contribution is -0.117. The number of hydrogen-bond acceptors (Lipinski definition) is 2. The van der Waals surface area contributed by atoms with E-state index in [4.69, 9.17) is 0 Å². The first-order chi connectivity index (χ1) is 10.7. The van der Waals surface area contributed by atoms with Gasteiger partial charge in [0.1, 0.15) is 0 Å². The monoisotopic (exact) mass is 301 g/mol. The third-order valence-corrected chi connectivity index (χ3v) is 4.53. The van der Waals surface area contributed by atoms with Crippen LogP contribution in [0.2, 0.25) is 0 Å². The number of nitrogens with one attached hydrogen (secondary N) is 2. The summed E-state index contributed by atoms with van der Waals surface area (Å²) in [6.45, 7) is 2.65. The molecule has 5 nitrogen and oxygen atoms in total. The summed E-state index contributed by atoms with van der Waals surface area (Å²) in [6, 6.07) is 5.83. The molecule has 118 valence electrons. The summed E-state index contributed by atoms with van der Waals surface area (Å²) < 4.78 is 0. The summed E-state index contributed by atoms with van der Waals surface area (Å²) in [5.74, 6) is 0.126. The lowest BCUT2D eigenvalue weighted by Gasteiger charge is -2.23. The number of fused-ring (bicyclic) bond motifs is 1. The second-order valence-electron chi connectivity index (χ2n) is 6.09. The van der Waals surface area contributed by atoms with Gasteiger partial charge in [-0.3, -0.25) is 4.79 Å². The minimum absolute atomic E-state index is 0.126. The van der Waals surface area contributed by atoms with Gasteiger partial charge >= 0.3 is 6.03 Å². The van der Waals surface area contributed by atoms with Gasteiger partial charge in [0.15, 0.2) is 0 Å². The molecule has 1 heterocycles. The predicted molar refractivity (Wildman–Crippen MR) is 87.2 cm³/mol. The van der Waals surface area contributed by atoms with Crippen LogP contribution in [0.5, 0.6) is 0 Å². The second kappa shape index (κ2) is 6.38. The van der Waals surface area contributed by atoms with Gasteiger partial charge in [-0.25, -0.2) is 4.79 Å². The third kappa shape index (κ3) is 3.08. The van der Waals surface area contributed by atoms with Gasteiger partial charge in [0.05, 0.1) is 6.42 Å². The molecule has 5 heteroatoms. The molecule has 0 saturated heterocycles. The molecule has 0 bridgehead atoms. The Labute approximate surface area is 131 Å². The molecule has 3 rings (SSSR count). The Morgan fingerprint density at radius 2 is 2.05 bits per heavy atom. The highest BCUT2D eigenvalue weighted by molar-refractivity contribution is 6.02. The van der Waals surface area contributed by atoms with E-state index in [0.29, 0.717) is 19.0 Å². The first kappa shape index (κ1) is 14.9. The van der Waals surface area contributed by atoms with Gasteiger partial charge in [-0.15, -0.1) is 0 Å². The minimum Gasteiger partial charge on any atom is -0.335 e. The first-order valence-electron chi connectivity index (χ1n) is 8.18. The number of nitrogens with zero attached hydrogens (tertiary/aromatic N) is 1. The molecule has 0 spiro atoms. The van der Waals surface area contributed by atoms with Crippen LogP contribution in [-0.2, 0) is 11.2 Å². The molecule has 2 aliphatic rings. The third-order valence-electron chi connectivity index (χ3n) is 4.53. The van der Waals surface area contributed by atoms with Crippen molar-refractivity contribution in [2.75, 3.05) is 16.8 Å². The molecule has 0 atom stereocenters. The van der Waals surface area contributed by atoms with Crippen LogP contribution in [0.4, 0.5) is 16.2 Å². The smallest absolute Gasteiger partial charge is 0.319 e. The first-order valence-corrected chi connectivity index (χ1v) is 8.18. The number of carbonyl (C=O) groups is 2. The summed E-state index contributed by atoms with van der Waals surface area (Å²) in [4.78, 5) is 25.7. The molecule has 3 amide bonds. The van der Waals surface area contributed by atoms with Crippen LogP contribution in [0.25, 0.3) is 0 Å². The molecule has 2 N–H and O–H groups in total. The molecule has 22 heavy (non-hydrogen) atoms. The van der Waals surface area contributed by atoms with E-state index in [2.05, 4.69) is 10.6 Å². The van der Waals surface area contributed by atoms with Crippen molar-refractivity contribution in [1.82, 2.24) is 5.32 Å². The summed E-state index contributed by atoms with van der Waals surface area (Å²) in [5.41, 5.74) is 2.70. The lowest BCUT2D eigenvalue weighted by Crippen LogP contribution is -2.39. The Morgan fingerprint density at radius 1 is 1.27 bits per heavy atom. The van der Waals surface area contributed by atoms with E-state index < -0.39 is 0 Å². The SMILES string of the molecule is CCN1C(=O)Cc2cc(NC(=O)NC3CCCCC3)ccc21. The van der Waals surface area contributed by atoms with Crippen molar-refractivity contribution in [1.29, 1.82) is 0 Å². The van der Waals surface area contributed by atoms with Crippen molar-refractivity contribution >= 4 is 23.3 Å². The molecule has 1 aromatic rings. The van der Waals surface area contributed by atoms with Crippen molar-refractivity contribution in [3.63, 3.8) is 0 Å². The van der Waals surface area contributed by atoms with E-state index in [1.54, 1.807) is 4.90 Å². The summed E-state index contributed by atoms with van der Waals surface area (Å²) >= 11 is 0. The van der Waals surface area contributed by atoms with E-state index in [1.165, 1.54) is 19.3 Å². The Kier molecular flexibility index (Phi) is 4.32. The molecule has 1 aromatic carbocycles. The van der Waals surface area contributed by atoms with Crippen molar-refractivity contribution in [2.45, 2.75) is 51.5 Å². The maximum absolute atomic E-state index is 12.1. The van der Waals surface area contributed by atoms with E-state index in [-0.39, 0.29) is 11.9 Å². The minimum atomic E-state index is -0.150. The molecular formula is C17H23N3O2. The maximum Gasteiger partial charge on any atom is 0.319 e. The zero-order chi connectivity index (χ0) is 15.5. The fourth-order valence-electron chi connectivity index (χ4n) is 3.41. The number of likely N-dealkylation sites (N-methyl/N-ethyl adjacent to an activating group) is 1. The average Bonchev–Trinajstić information content (AvgIpc) is 2.82. The molecule has 1 saturated carbocycles. The highest BCUT2D eigenvalue weighted by atomic mass is 16.2. The van der Waals surface area contributed by atoms with E-state index in [1.807, 2.05) is 25.1 Å². The van der Waals surface area contributed by atoms with Gasteiger partial charge in [-0.05, 0) is 43.5 Å². The summed E-state index contributed by atoms with van der Waals surface area (Å²) in [5, 5.41) is 5.92. The zero-order valence-corrected chi connectivity index (χ0v) is 13.0. The largest absolute Gasteiger partial charge is 0.335 e. The van der Waals surface area contributed by atoms with Crippen LogP contribution in [0.15, 0.2) is 18.2 Å². The van der Waals surface area contributed by atoms with Gasteiger partial charge in [0.2, 0.25) is 5.91 Å². The van der Waals surface area contributed by atoms with Crippen molar-refractivity contribution in [3.8, 4) is 0 Å². The van der Waals surface area contributed by atoms with Crippen LogP contribution in [0, 0.1) is 0 Å². The van der Waals surface area contributed by atoms with Crippen molar-refractivity contribution < 1.29 is 9.59 Å². The fraction of sp³-hybridized carbons (Fsp3) is 0.529. The van der Waals surface area contributed by atoms with Crippen LogP contribution in [-0.4, -0.2) is 24.5 Å². The number of hydrogen-bond donors (Lipinski definition) is 2. The standard InChI is InChI=1S/C17H23N3O2/c1-2-20-15-9-8-14(10-12(15)11-16(20)21)19-17(22)18-13-6-4-3-5-7-13/h8-10,13H,2-7,11H2,1H3,(H2,18,19,22). The number of rotatable bonds is 3. The average molecular weight is 301 g/mol. The molecular weight excluding hydrogens is 278 g/mol. The Morgan fingerprint density at radius 3 is 2.77 bits per heavy atom. The van der Waals surface area contributed by atoms with E-state index in [9.17, 15) is 9.59 Å². The molecule has 0 radical (unpaired) electrons. The fourth-order valence-corrected chi connectivity index (χ4v) is 3.41. The number of benzene rings is 1. The molecule has 0 unspecified atom stereocenters. The Bertz CT molecular complexity index is 579. The number of urea groups is 1. The topological polar surface area (TPSA) is 61.4 Å². The molecule has 1 aliphatic carbocycles. The maximum atomic E-state index is 12.1. The quantitative estimate of drug-likeness (QED) is 0.901. The predicted octanol–water partition coefficient (Wildman–Crippen LogP) is 3.05. The van der Waals surface area contributed by atoms with Crippen LogP contribution in [0.1, 0.15) is 44.6 Å². The summed E-state index contributed by atoms with van der Waals surface area (Å²) in [6.07, 6.45) is 6.21.